The van der Waals surface area contributed by atoms with Crippen LogP contribution in [-0.2, 0) is 24.3 Å². The van der Waals surface area contributed by atoms with Crippen molar-refractivity contribution in [3.05, 3.63) is 40.0 Å². The number of carbonyl (C=O) groups is 1. The molecule has 0 spiro atoms. The monoisotopic (exact) mass is 332 g/mol. The minimum atomic E-state index is 0.0386. The van der Waals surface area contributed by atoms with Gasteiger partial charge < -0.3 is 10.1 Å². The van der Waals surface area contributed by atoms with Crippen LogP contribution in [0.2, 0.25) is 0 Å². The Morgan fingerprint density at radius 3 is 3.17 bits per heavy atom. The molecule has 0 aromatic carbocycles. The molecule has 0 atom stereocenters. The Morgan fingerprint density at radius 2 is 2.39 bits per heavy atom. The molecule has 0 saturated heterocycles. The predicted molar refractivity (Wildman–Crippen MR) is 88.3 cm³/mol. The van der Waals surface area contributed by atoms with Gasteiger partial charge in [0.05, 0.1) is 25.4 Å². The summed E-state index contributed by atoms with van der Waals surface area (Å²) in [6.45, 7) is 4.96. The quantitative estimate of drug-likeness (QED) is 0.870. The third-order valence-corrected chi connectivity index (χ3v) is 4.61. The van der Waals surface area contributed by atoms with Gasteiger partial charge in [-0.05, 0) is 18.4 Å². The van der Waals surface area contributed by atoms with Crippen LogP contribution in [0.4, 0.5) is 0 Å². The van der Waals surface area contributed by atoms with Crippen molar-refractivity contribution in [1.82, 2.24) is 20.2 Å². The van der Waals surface area contributed by atoms with Crippen molar-refractivity contribution >= 4 is 17.2 Å². The summed E-state index contributed by atoms with van der Waals surface area (Å²) in [5.74, 6) is 0.679. The molecule has 1 aliphatic heterocycles. The Hall–Kier alpha value is -1.99. The number of aromatic nitrogens is 2. The average Bonchev–Trinajstić information content (AvgIpc) is 3.07. The van der Waals surface area contributed by atoms with E-state index in [0.29, 0.717) is 32.1 Å². The van der Waals surface area contributed by atoms with Crippen molar-refractivity contribution in [3.63, 3.8) is 0 Å². The topological polar surface area (TPSA) is 67.4 Å². The lowest BCUT2D eigenvalue weighted by molar-refractivity contribution is -0.122. The fraction of sp³-hybridized carbons (Fsp3) is 0.438. The Bertz CT molecular complexity index is 660. The van der Waals surface area contributed by atoms with Gasteiger partial charge in [0.2, 0.25) is 11.8 Å². The molecule has 2 aromatic rings. The summed E-state index contributed by atoms with van der Waals surface area (Å²) in [5.41, 5.74) is 2.03. The van der Waals surface area contributed by atoms with Crippen molar-refractivity contribution in [2.75, 3.05) is 19.7 Å². The van der Waals surface area contributed by atoms with Gasteiger partial charge in [-0.1, -0.05) is 6.07 Å². The molecule has 23 heavy (non-hydrogen) atoms. The number of nitrogens with one attached hydrogen (secondary N) is 1. The van der Waals surface area contributed by atoms with Crippen LogP contribution in [0.3, 0.4) is 0 Å². The zero-order valence-electron chi connectivity index (χ0n) is 13.1. The lowest BCUT2D eigenvalue weighted by atomic mass is 10.1. The van der Waals surface area contributed by atoms with Gasteiger partial charge >= 0.3 is 0 Å². The standard InChI is InChI=1S/C16H20N4O2S/c1-2-22-16-13-9-20(6-5-14(13)18-11-19-16)10-15(21)17-8-12-4-3-7-23-12/h3-4,7,11H,2,5-6,8-10H2,1H3,(H,17,21). The Balaban J connectivity index is 1.57. The second-order valence-corrected chi connectivity index (χ2v) is 6.39. The van der Waals surface area contributed by atoms with Crippen LogP contribution in [-0.4, -0.2) is 40.5 Å². The molecule has 0 unspecified atom stereocenters. The number of amides is 1. The van der Waals surface area contributed by atoms with E-state index in [-0.39, 0.29) is 5.91 Å². The van der Waals surface area contributed by atoms with Crippen molar-refractivity contribution in [2.24, 2.45) is 0 Å². The van der Waals surface area contributed by atoms with Crippen molar-refractivity contribution < 1.29 is 9.53 Å². The van der Waals surface area contributed by atoms with Crippen LogP contribution < -0.4 is 10.1 Å². The summed E-state index contributed by atoms with van der Waals surface area (Å²) in [7, 11) is 0. The summed E-state index contributed by atoms with van der Waals surface area (Å²) in [6.07, 6.45) is 2.36. The molecule has 1 aliphatic rings. The molecule has 0 aliphatic carbocycles. The minimum absolute atomic E-state index is 0.0386. The van der Waals surface area contributed by atoms with E-state index >= 15 is 0 Å². The average molecular weight is 332 g/mol. The van der Waals surface area contributed by atoms with Gasteiger partial charge in [-0.15, -0.1) is 11.3 Å². The number of rotatable bonds is 6. The van der Waals surface area contributed by atoms with Gasteiger partial charge in [0.15, 0.2) is 0 Å². The molecule has 0 bridgehead atoms. The molecule has 3 rings (SSSR count). The molecule has 1 N–H and O–H groups in total. The molecule has 3 heterocycles. The van der Waals surface area contributed by atoms with Crippen LogP contribution in [0.1, 0.15) is 23.1 Å². The van der Waals surface area contributed by atoms with Gasteiger partial charge in [0.1, 0.15) is 6.33 Å². The second-order valence-electron chi connectivity index (χ2n) is 5.35. The van der Waals surface area contributed by atoms with Crippen LogP contribution >= 0.6 is 11.3 Å². The van der Waals surface area contributed by atoms with Crippen molar-refractivity contribution in [3.8, 4) is 5.88 Å². The zero-order chi connectivity index (χ0) is 16.1. The maximum Gasteiger partial charge on any atom is 0.234 e. The molecular formula is C16H20N4O2S. The highest BCUT2D eigenvalue weighted by Crippen LogP contribution is 2.24. The van der Waals surface area contributed by atoms with E-state index in [1.165, 1.54) is 0 Å². The number of nitrogens with zero attached hydrogens (tertiary/aromatic N) is 3. The summed E-state index contributed by atoms with van der Waals surface area (Å²) >= 11 is 1.65. The number of carbonyl (C=O) groups excluding carboxylic acids is 1. The van der Waals surface area contributed by atoms with E-state index in [0.717, 1.165) is 29.1 Å². The van der Waals surface area contributed by atoms with Crippen LogP contribution in [0.15, 0.2) is 23.8 Å². The number of hydrogen-bond acceptors (Lipinski definition) is 6. The van der Waals surface area contributed by atoms with Gasteiger partial charge in [-0.2, -0.15) is 0 Å². The zero-order valence-corrected chi connectivity index (χ0v) is 13.9. The maximum atomic E-state index is 12.1. The maximum absolute atomic E-state index is 12.1. The fourth-order valence-corrected chi connectivity index (χ4v) is 3.27. The number of ether oxygens (including phenoxy) is 1. The third kappa shape index (κ3) is 4.05. The van der Waals surface area contributed by atoms with E-state index in [1.807, 2.05) is 24.4 Å². The van der Waals surface area contributed by atoms with Gasteiger partial charge in [-0.3, -0.25) is 9.69 Å². The molecule has 0 radical (unpaired) electrons. The first-order valence-corrected chi connectivity index (χ1v) is 8.61. The number of fused-ring (bicyclic) bond motifs is 1. The lowest BCUT2D eigenvalue weighted by Gasteiger charge is -2.28. The van der Waals surface area contributed by atoms with E-state index in [1.54, 1.807) is 17.7 Å². The lowest BCUT2D eigenvalue weighted by Crippen LogP contribution is -2.40. The summed E-state index contributed by atoms with van der Waals surface area (Å²) in [6, 6.07) is 4.01. The van der Waals surface area contributed by atoms with E-state index in [9.17, 15) is 4.79 Å². The fourth-order valence-electron chi connectivity index (χ4n) is 2.63. The van der Waals surface area contributed by atoms with Gasteiger partial charge in [0.25, 0.3) is 0 Å². The highest BCUT2D eigenvalue weighted by atomic mass is 32.1. The molecule has 0 saturated carbocycles. The number of hydrogen-bond donors (Lipinski definition) is 1. The summed E-state index contributed by atoms with van der Waals surface area (Å²) < 4.78 is 5.58. The summed E-state index contributed by atoms with van der Waals surface area (Å²) in [4.78, 5) is 23.9. The highest BCUT2D eigenvalue weighted by molar-refractivity contribution is 7.09. The molecule has 0 fully saturated rings. The van der Waals surface area contributed by atoms with Crippen LogP contribution in [0.25, 0.3) is 0 Å². The predicted octanol–water partition coefficient (Wildman–Crippen LogP) is 1.61. The Morgan fingerprint density at radius 1 is 1.48 bits per heavy atom. The van der Waals surface area contributed by atoms with E-state index < -0.39 is 0 Å². The van der Waals surface area contributed by atoms with E-state index in [4.69, 9.17) is 4.74 Å². The normalized spacial score (nSPS) is 14.3. The SMILES string of the molecule is CCOc1ncnc2c1CN(CC(=O)NCc1cccs1)CC2. The first kappa shape index (κ1) is 15.9. The molecule has 122 valence electrons. The van der Waals surface area contributed by atoms with Crippen LogP contribution in [0.5, 0.6) is 5.88 Å². The smallest absolute Gasteiger partial charge is 0.234 e. The van der Waals surface area contributed by atoms with E-state index in [2.05, 4.69) is 20.2 Å². The Kier molecular flexibility index (Phi) is 5.19. The van der Waals surface area contributed by atoms with Crippen molar-refractivity contribution in [1.29, 1.82) is 0 Å². The third-order valence-electron chi connectivity index (χ3n) is 3.73. The molecule has 1 amide bonds. The molecule has 6 nitrogen and oxygen atoms in total. The minimum Gasteiger partial charge on any atom is -0.478 e. The van der Waals surface area contributed by atoms with Crippen LogP contribution in [0, 0.1) is 0 Å². The summed E-state index contributed by atoms with van der Waals surface area (Å²) in [5, 5.41) is 4.98. The molecular weight excluding hydrogens is 312 g/mol. The van der Waals surface area contributed by atoms with Gasteiger partial charge in [-0.25, -0.2) is 9.97 Å². The van der Waals surface area contributed by atoms with Crippen molar-refractivity contribution in [2.45, 2.75) is 26.4 Å². The first-order valence-electron chi connectivity index (χ1n) is 7.73. The first-order chi connectivity index (χ1) is 11.3. The Labute approximate surface area is 139 Å². The number of thiophene rings is 1. The molecule has 2 aromatic heterocycles. The largest absolute Gasteiger partial charge is 0.478 e. The van der Waals surface area contributed by atoms with Gasteiger partial charge in [0, 0.05) is 30.0 Å². The highest BCUT2D eigenvalue weighted by Gasteiger charge is 2.23. The molecule has 7 heteroatoms. The second kappa shape index (κ2) is 7.52.